The van der Waals surface area contributed by atoms with Crippen molar-refractivity contribution in [1.29, 1.82) is 0 Å². The molecule has 1 unspecified atom stereocenters. The molecule has 2 N–H and O–H groups in total. The lowest BCUT2D eigenvalue weighted by Gasteiger charge is -2.08. The normalized spacial score (nSPS) is 12.8. The summed E-state index contributed by atoms with van der Waals surface area (Å²) >= 11 is 5.77. The Bertz CT molecular complexity index is 721. The molecule has 0 bridgehead atoms. The van der Waals surface area contributed by atoms with Crippen molar-refractivity contribution in [1.82, 2.24) is 0 Å². The first-order chi connectivity index (χ1) is 9.15. The number of nitrogens with two attached hydrogens (primary N) is 1. The second-order valence-electron chi connectivity index (χ2n) is 4.34. The second kappa shape index (κ2) is 5.26. The Morgan fingerprint density at radius 2 is 1.84 bits per heavy atom. The van der Waals surface area contributed by atoms with Crippen LogP contribution in [0.15, 0.2) is 57.4 Å². The fourth-order valence-corrected chi connectivity index (χ4v) is 2.86. The molecule has 96 valence electrons. The lowest BCUT2D eigenvalue weighted by molar-refractivity contribution is 0.524. The molecule has 0 aliphatic rings. The molecular formula is C15H11BrINO. The number of benzene rings is 2. The van der Waals surface area contributed by atoms with Crippen LogP contribution in [0.25, 0.3) is 11.0 Å². The zero-order valence-electron chi connectivity index (χ0n) is 9.94. The van der Waals surface area contributed by atoms with Crippen molar-refractivity contribution < 1.29 is 4.42 Å². The first-order valence-electron chi connectivity index (χ1n) is 5.84. The van der Waals surface area contributed by atoms with Crippen LogP contribution in [0.3, 0.4) is 0 Å². The van der Waals surface area contributed by atoms with Crippen molar-refractivity contribution in [3.63, 3.8) is 0 Å². The van der Waals surface area contributed by atoms with Gasteiger partial charge in [-0.3, -0.25) is 0 Å². The largest absolute Gasteiger partial charge is 0.458 e. The number of rotatable bonds is 2. The van der Waals surface area contributed by atoms with E-state index in [0.29, 0.717) is 0 Å². The SMILES string of the molecule is NC(c1ccc(I)cc1)c1cc2cccc(Br)c2o1. The number of furan rings is 1. The number of fused-ring (bicyclic) bond motifs is 1. The number of hydrogen-bond donors (Lipinski definition) is 1. The van der Waals surface area contributed by atoms with Crippen molar-refractivity contribution in [2.75, 3.05) is 0 Å². The zero-order chi connectivity index (χ0) is 13.4. The Balaban J connectivity index is 2.04. The van der Waals surface area contributed by atoms with Gasteiger partial charge >= 0.3 is 0 Å². The van der Waals surface area contributed by atoms with Gasteiger partial charge in [0.05, 0.1) is 10.5 Å². The molecule has 2 aromatic carbocycles. The van der Waals surface area contributed by atoms with E-state index < -0.39 is 0 Å². The van der Waals surface area contributed by atoms with Gasteiger partial charge in [-0.1, -0.05) is 24.3 Å². The molecule has 1 heterocycles. The predicted octanol–water partition coefficient (Wildman–Crippen LogP) is 4.85. The van der Waals surface area contributed by atoms with Crippen LogP contribution in [0, 0.1) is 3.57 Å². The van der Waals surface area contributed by atoms with Crippen LogP contribution in [0.1, 0.15) is 17.4 Å². The van der Waals surface area contributed by atoms with Crippen LogP contribution < -0.4 is 5.73 Å². The van der Waals surface area contributed by atoms with E-state index in [4.69, 9.17) is 10.2 Å². The van der Waals surface area contributed by atoms with Gasteiger partial charge < -0.3 is 10.2 Å². The van der Waals surface area contributed by atoms with Gasteiger partial charge in [0, 0.05) is 8.96 Å². The number of hydrogen-bond acceptors (Lipinski definition) is 2. The molecule has 3 rings (SSSR count). The fraction of sp³-hybridized carbons (Fsp3) is 0.0667. The highest BCUT2D eigenvalue weighted by Crippen LogP contribution is 2.31. The van der Waals surface area contributed by atoms with Crippen molar-refractivity contribution in [3.8, 4) is 0 Å². The second-order valence-corrected chi connectivity index (χ2v) is 6.44. The maximum absolute atomic E-state index is 6.27. The average Bonchev–Trinajstić information content (AvgIpc) is 2.84. The van der Waals surface area contributed by atoms with Crippen LogP contribution >= 0.6 is 38.5 Å². The van der Waals surface area contributed by atoms with Crippen LogP contribution in [0.2, 0.25) is 0 Å². The molecule has 0 saturated heterocycles. The van der Waals surface area contributed by atoms with E-state index in [0.717, 1.165) is 26.8 Å². The molecule has 4 heteroatoms. The zero-order valence-corrected chi connectivity index (χ0v) is 13.7. The Labute approximate surface area is 133 Å². The number of halogens is 2. The Hall–Kier alpha value is -0.850. The molecule has 0 saturated carbocycles. The first-order valence-corrected chi connectivity index (χ1v) is 7.71. The van der Waals surface area contributed by atoms with E-state index in [2.05, 4.69) is 38.5 Å². The average molecular weight is 428 g/mol. The molecule has 0 fully saturated rings. The summed E-state index contributed by atoms with van der Waals surface area (Å²) in [5.74, 6) is 0.781. The van der Waals surface area contributed by atoms with E-state index in [-0.39, 0.29) is 6.04 Å². The van der Waals surface area contributed by atoms with Crippen LogP contribution in [0.4, 0.5) is 0 Å². The Morgan fingerprint density at radius 3 is 2.53 bits per heavy atom. The van der Waals surface area contributed by atoms with E-state index in [9.17, 15) is 0 Å². The first kappa shape index (κ1) is 13.1. The highest BCUT2D eigenvalue weighted by atomic mass is 127. The van der Waals surface area contributed by atoms with Gasteiger partial charge in [0.2, 0.25) is 0 Å². The van der Waals surface area contributed by atoms with E-state index in [1.54, 1.807) is 0 Å². The molecule has 0 amide bonds. The van der Waals surface area contributed by atoms with Crippen molar-refractivity contribution in [2.24, 2.45) is 5.73 Å². The molecule has 0 aliphatic carbocycles. The molecule has 19 heavy (non-hydrogen) atoms. The Morgan fingerprint density at radius 1 is 1.11 bits per heavy atom. The Kier molecular flexibility index (Phi) is 3.64. The molecule has 2 nitrogen and oxygen atoms in total. The summed E-state index contributed by atoms with van der Waals surface area (Å²) in [6.07, 6.45) is 0. The molecule has 1 atom stereocenters. The number of para-hydroxylation sites is 1. The van der Waals surface area contributed by atoms with Gasteiger partial charge in [-0.15, -0.1) is 0 Å². The van der Waals surface area contributed by atoms with Gasteiger partial charge in [0.25, 0.3) is 0 Å². The van der Waals surface area contributed by atoms with Crippen molar-refractivity contribution in [3.05, 3.63) is 67.9 Å². The third-order valence-corrected chi connectivity index (χ3v) is 4.39. The van der Waals surface area contributed by atoms with Crippen LogP contribution in [0.5, 0.6) is 0 Å². The quantitative estimate of drug-likeness (QED) is 0.594. The molecule has 0 aliphatic heterocycles. The molecular weight excluding hydrogens is 417 g/mol. The van der Waals surface area contributed by atoms with Crippen molar-refractivity contribution >= 4 is 49.5 Å². The van der Waals surface area contributed by atoms with Crippen molar-refractivity contribution in [2.45, 2.75) is 6.04 Å². The van der Waals surface area contributed by atoms with E-state index >= 15 is 0 Å². The van der Waals surface area contributed by atoms with Gasteiger partial charge in [-0.2, -0.15) is 0 Å². The van der Waals surface area contributed by atoms with Crippen LogP contribution in [-0.2, 0) is 0 Å². The molecule has 0 radical (unpaired) electrons. The van der Waals surface area contributed by atoms with Gasteiger partial charge in [-0.05, 0) is 68.3 Å². The molecule has 1 aromatic heterocycles. The summed E-state index contributed by atoms with van der Waals surface area (Å²) in [6, 6.07) is 15.9. The highest BCUT2D eigenvalue weighted by molar-refractivity contribution is 14.1. The third-order valence-electron chi connectivity index (χ3n) is 3.05. The summed E-state index contributed by atoms with van der Waals surface area (Å²) in [5.41, 5.74) is 8.17. The smallest absolute Gasteiger partial charge is 0.148 e. The lowest BCUT2D eigenvalue weighted by atomic mass is 10.1. The van der Waals surface area contributed by atoms with Gasteiger partial charge in [0.1, 0.15) is 11.3 Å². The van der Waals surface area contributed by atoms with E-state index in [1.807, 2.05) is 48.5 Å². The topological polar surface area (TPSA) is 39.2 Å². The monoisotopic (exact) mass is 427 g/mol. The maximum atomic E-state index is 6.27. The summed E-state index contributed by atoms with van der Waals surface area (Å²) in [7, 11) is 0. The minimum Gasteiger partial charge on any atom is -0.458 e. The minimum absolute atomic E-state index is 0.240. The lowest BCUT2D eigenvalue weighted by Crippen LogP contribution is -2.10. The predicted molar refractivity (Wildman–Crippen MR) is 89.1 cm³/mol. The maximum Gasteiger partial charge on any atom is 0.148 e. The fourth-order valence-electron chi connectivity index (χ4n) is 2.04. The summed E-state index contributed by atoms with van der Waals surface area (Å²) in [6.45, 7) is 0. The van der Waals surface area contributed by atoms with Gasteiger partial charge in [-0.25, -0.2) is 0 Å². The summed E-state index contributed by atoms with van der Waals surface area (Å²) < 4.78 is 8.02. The van der Waals surface area contributed by atoms with Gasteiger partial charge in [0.15, 0.2) is 0 Å². The van der Waals surface area contributed by atoms with E-state index in [1.165, 1.54) is 3.57 Å². The third kappa shape index (κ3) is 2.57. The highest BCUT2D eigenvalue weighted by Gasteiger charge is 2.15. The summed E-state index contributed by atoms with van der Waals surface area (Å²) in [5, 5.41) is 1.06. The summed E-state index contributed by atoms with van der Waals surface area (Å²) in [4.78, 5) is 0. The standard InChI is InChI=1S/C15H11BrINO/c16-12-3-1-2-10-8-13(19-15(10)12)14(18)9-4-6-11(17)7-5-9/h1-8,14H,18H2. The van der Waals surface area contributed by atoms with Crippen LogP contribution in [-0.4, -0.2) is 0 Å². The molecule has 0 spiro atoms. The minimum atomic E-state index is -0.240. The molecule has 3 aromatic rings.